The number of amides is 1. The van der Waals surface area contributed by atoms with Crippen LogP contribution in [0.25, 0.3) is 0 Å². The third-order valence-electron chi connectivity index (χ3n) is 2.48. The number of ether oxygens (including phenoxy) is 1. The van der Waals surface area contributed by atoms with Crippen molar-refractivity contribution in [1.29, 1.82) is 0 Å². The SMILES string of the molecule is CCOCC(=O)N(C)Cc1ccc(C(=O)O)cc1. The second-order valence-electron chi connectivity index (χ2n) is 3.89. The molecular weight excluding hydrogens is 234 g/mol. The zero-order valence-corrected chi connectivity index (χ0v) is 10.5. The van der Waals surface area contributed by atoms with Gasteiger partial charge in [-0.1, -0.05) is 12.1 Å². The van der Waals surface area contributed by atoms with Gasteiger partial charge in [0, 0.05) is 20.2 Å². The van der Waals surface area contributed by atoms with Crippen LogP contribution in [0.3, 0.4) is 0 Å². The molecule has 0 spiro atoms. The molecule has 1 aromatic carbocycles. The lowest BCUT2D eigenvalue weighted by molar-refractivity contribution is -0.135. The second kappa shape index (κ2) is 6.76. The Labute approximate surface area is 106 Å². The predicted molar refractivity (Wildman–Crippen MR) is 66.4 cm³/mol. The maximum absolute atomic E-state index is 11.6. The molecule has 5 heteroatoms. The van der Waals surface area contributed by atoms with Crippen LogP contribution in [0.1, 0.15) is 22.8 Å². The fraction of sp³-hybridized carbons (Fsp3) is 0.385. The third-order valence-corrected chi connectivity index (χ3v) is 2.48. The minimum absolute atomic E-state index is 0.0697. The highest BCUT2D eigenvalue weighted by Crippen LogP contribution is 2.07. The van der Waals surface area contributed by atoms with Crippen molar-refractivity contribution in [2.45, 2.75) is 13.5 Å². The van der Waals surface area contributed by atoms with Gasteiger partial charge in [-0.05, 0) is 24.6 Å². The number of aromatic carboxylic acids is 1. The lowest BCUT2D eigenvalue weighted by Gasteiger charge is -2.17. The van der Waals surface area contributed by atoms with Gasteiger partial charge in [0.1, 0.15) is 6.61 Å². The Morgan fingerprint density at radius 1 is 1.28 bits per heavy atom. The molecule has 0 fully saturated rings. The van der Waals surface area contributed by atoms with Gasteiger partial charge in [-0.15, -0.1) is 0 Å². The third kappa shape index (κ3) is 4.18. The zero-order valence-electron chi connectivity index (χ0n) is 10.5. The molecule has 0 heterocycles. The number of hydrogen-bond donors (Lipinski definition) is 1. The molecule has 1 amide bonds. The van der Waals surface area contributed by atoms with E-state index in [1.807, 2.05) is 6.92 Å². The molecule has 0 radical (unpaired) electrons. The molecule has 0 aliphatic rings. The van der Waals surface area contributed by atoms with E-state index in [1.54, 1.807) is 24.1 Å². The molecule has 0 saturated carbocycles. The maximum Gasteiger partial charge on any atom is 0.335 e. The van der Waals surface area contributed by atoms with Crippen LogP contribution in [0.2, 0.25) is 0 Å². The Hall–Kier alpha value is -1.88. The van der Waals surface area contributed by atoms with Crippen LogP contribution in [0.4, 0.5) is 0 Å². The quantitative estimate of drug-likeness (QED) is 0.829. The molecule has 0 saturated heterocycles. The van der Waals surface area contributed by atoms with E-state index >= 15 is 0 Å². The number of carbonyl (C=O) groups excluding carboxylic acids is 1. The molecule has 0 bridgehead atoms. The number of hydrogen-bond acceptors (Lipinski definition) is 3. The van der Waals surface area contributed by atoms with Crippen LogP contribution >= 0.6 is 0 Å². The van der Waals surface area contributed by atoms with Crippen molar-refractivity contribution < 1.29 is 19.4 Å². The zero-order chi connectivity index (χ0) is 13.5. The highest BCUT2D eigenvalue weighted by atomic mass is 16.5. The van der Waals surface area contributed by atoms with Gasteiger partial charge in [-0.3, -0.25) is 4.79 Å². The summed E-state index contributed by atoms with van der Waals surface area (Å²) < 4.78 is 5.04. The van der Waals surface area contributed by atoms with Crippen LogP contribution in [-0.4, -0.2) is 42.1 Å². The van der Waals surface area contributed by atoms with Crippen molar-refractivity contribution in [3.05, 3.63) is 35.4 Å². The Bertz CT molecular complexity index is 414. The number of carbonyl (C=O) groups is 2. The van der Waals surface area contributed by atoms with Crippen molar-refractivity contribution in [3.8, 4) is 0 Å². The average molecular weight is 251 g/mol. The minimum Gasteiger partial charge on any atom is -0.478 e. The van der Waals surface area contributed by atoms with Crippen molar-refractivity contribution in [2.75, 3.05) is 20.3 Å². The summed E-state index contributed by atoms with van der Waals surface area (Å²) in [4.78, 5) is 23.8. The first kappa shape index (κ1) is 14.2. The fourth-order valence-electron chi connectivity index (χ4n) is 1.41. The first-order valence-corrected chi connectivity index (χ1v) is 5.68. The molecule has 0 aliphatic heterocycles. The maximum atomic E-state index is 11.6. The van der Waals surface area contributed by atoms with Gasteiger partial charge in [-0.2, -0.15) is 0 Å². The Balaban J connectivity index is 2.56. The summed E-state index contributed by atoms with van der Waals surface area (Å²) >= 11 is 0. The van der Waals surface area contributed by atoms with E-state index in [9.17, 15) is 9.59 Å². The number of rotatable bonds is 6. The largest absolute Gasteiger partial charge is 0.478 e. The Kier molecular flexibility index (Phi) is 5.32. The summed E-state index contributed by atoms with van der Waals surface area (Å²) in [5, 5.41) is 8.76. The molecule has 1 aromatic rings. The van der Waals surface area contributed by atoms with Crippen molar-refractivity contribution in [3.63, 3.8) is 0 Å². The number of carboxylic acid groups (broad SMARTS) is 1. The van der Waals surface area contributed by atoms with Crippen LogP contribution < -0.4 is 0 Å². The van der Waals surface area contributed by atoms with Crippen molar-refractivity contribution >= 4 is 11.9 Å². The average Bonchev–Trinajstić information content (AvgIpc) is 2.36. The summed E-state index contributed by atoms with van der Waals surface area (Å²) in [5.74, 6) is -1.05. The molecule has 18 heavy (non-hydrogen) atoms. The van der Waals surface area contributed by atoms with Crippen LogP contribution in [0, 0.1) is 0 Å². The van der Waals surface area contributed by atoms with Gasteiger partial charge in [0.2, 0.25) is 5.91 Å². The van der Waals surface area contributed by atoms with Crippen LogP contribution in [0.5, 0.6) is 0 Å². The van der Waals surface area contributed by atoms with Gasteiger partial charge >= 0.3 is 5.97 Å². The molecule has 98 valence electrons. The molecule has 0 unspecified atom stereocenters. The van der Waals surface area contributed by atoms with E-state index in [1.165, 1.54) is 12.1 Å². The Morgan fingerprint density at radius 2 is 1.89 bits per heavy atom. The molecule has 1 rings (SSSR count). The van der Waals surface area contributed by atoms with Gasteiger partial charge in [0.05, 0.1) is 5.56 Å². The number of likely N-dealkylation sites (N-methyl/N-ethyl adjacent to an activating group) is 1. The first-order chi connectivity index (χ1) is 8.54. The lowest BCUT2D eigenvalue weighted by Crippen LogP contribution is -2.29. The topological polar surface area (TPSA) is 66.8 Å². The van der Waals surface area contributed by atoms with E-state index in [2.05, 4.69) is 0 Å². The van der Waals surface area contributed by atoms with E-state index < -0.39 is 5.97 Å². The molecule has 0 atom stereocenters. The summed E-state index contributed by atoms with van der Waals surface area (Å²) in [5.41, 5.74) is 1.12. The summed E-state index contributed by atoms with van der Waals surface area (Å²) in [6.45, 7) is 2.84. The number of nitrogens with zero attached hydrogens (tertiary/aromatic N) is 1. The van der Waals surface area contributed by atoms with E-state index in [4.69, 9.17) is 9.84 Å². The van der Waals surface area contributed by atoms with Crippen LogP contribution in [0.15, 0.2) is 24.3 Å². The van der Waals surface area contributed by atoms with E-state index in [0.29, 0.717) is 13.2 Å². The van der Waals surface area contributed by atoms with Crippen LogP contribution in [-0.2, 0) is 16.1 Å². The normalized spacial score (nSPS) is 10.1. The fourth-order valence-corrected chi connectivity index (χ4v) is 1.41. The van der Waals surface area contributed by atoms with Gasteiger partial charge in [0.15, 0.2) is 0 Å². The molecule has 1 N–H and O–H groups in total. The van der Waals surface area contributed by atoms with Gasteiger partial charge < -0.3 is 14.7 Å². The second-order valence-corrected chi connectivity index (χ2v) is 3.89. The highest BCUT2D eigenvalue weighted by Gasteiger charge is 2.09. The Morgan fingerprint density at radius 3 is 2.39 bits per heavy atom. The van der Waals surface area contributed by atoms with Gasteiger partial charge in [0.25, 0.3) is 0 Å². The predicted octanol–water partition coefficient (Wildman–Crippen LogP) is 1.38. The summed E-state index contributed by atoms with van der Waals surface area (Å²) in [6.07, 6.45) is 0. The van der Waals surface area contributed by atoms with Crippen molar-refractivity contribution in [2.24, 2.45) is 0 Å². The smallest absolute Gasteiger partial charge is 0.335 e. The standard InChI is InChI=1S/C13H17NO4/c1-3-18-9-12(15)14(2)8-10-4-6-11(7-5-10)13(16)17/h4-7H,3,8-9H2,1-2H3,(H,16,17). The van der Waals surface area contributed by atoms with E-state index in [0.717, 1.165) is 5.56 Å². The first-order valence-electron chi connectivity index (χ1n) is 5.68. The molecular formula is C13H17NO4. The number of benzene rings is 1. The molecule has 0 aliphatic carbocycles. The molecule has 0 aromatic heterocycles. The number of carboxylic acids is 1. The summed E-state index contributed by atoms with van der Waals surface area (Å²) in [7, 11) is 1.69. The van der Waals surface area contributed by atoms with Crippen molar-refractivity contribution in [1.82, 2.24) is 4.90 Å². The highest BCUT2D eigenvalue weighted by molar-refractivity contribution is 5.87. The van der Waals surface area contributed by atoms with Gasteiger partial charge in [-0.25, -0.2) is 4.79 Å². The minimum atomic E-state index is -0.956. The summed E-state index contributed by atoms with van der Waals surface area (Å²) in [6, 6.07) is 6.46. The molecule has 5 nitrogen and oxygen atoms in total. The lowest BCUT2D eigenvalue weighted by atomic mass is 10.1. The van der Waals surface area contributed by atoms with E-state index in [-0.39, 0.29) is 18.1 Å². The monoisotopic (exact) mass is 251 g/mol.